The minimum absolute atomic E-state index is 0.0474. The fourth-order valence-electron chi connectivity index (χ4n) is 1.77. The van der Waals surface area contributed by atoms with Crippen LogP contribution >= 0.6 is 34.8 Å². The van der Waals surface area contributed by atoms with Gasteiger partial charge in [0.25, 0.3) is 9.70 Å². The Morgan fingerprint density at radius 3 is 2.48 bits per heavy atom. The molecule has 0 saturated carbocycles. The lowest BCUT2D eigenvalue weighted by molar-refractivity contribution is -0.267. The third kappa shape index (κ3) is 4.94. The molecule has 0 aromatic heterocycles. The van der Waals surface area contributed by atoms with E-state index in [2.05, 4.69) is 11.9 Å². The third-order valence-electron chi connectivity index (χ3n) is 2.81. The molecule has 0 spiro atoms. The van der Waals surface area contributed by atoms with Crippen molar-refractivity contribution in [1.29, 1.82) is 0 Å². The van der Waals surface area contributed by atoms with Crippen LogP contribution in [-0.2, 0) is 14.3 Å². The summed E-state index contributed by atoms with van der Waals surface area (Å²) in [6.07, 6.45) is -3.74. The second kappa shape index (κ2) is 7.94. The molecule has 1 aliphatic rings. The normalized spacial score (nSPS) is 33.5. The maximum absolute atomic E-state index is 11.7. The molecule has 0 bridgehead atoms. The first-order chi connectivity index (χ1) is 9.72. The van der Waals surface area contributed by atoms with E-state index in [1.54, 1.807) is 0 Å². The van der Waals surface area contributed by atoms with Crippen LogP contribution in [0, 0.1) is 0 Å². The van der Waals surface area contributed by atoms with Crippen molar-refractivity contribution in [2.24, 2.45) is 0 Å². The number of aliphatic hydroxyl groups excluding tert-OH is 3. The van der Waals surface area contributed by atoms with Crippen LogP contribution < -0.4 is 5.32 Å². The third-order valence-corrected chi connectivity index (χ3v) is 3.33. The van der Waals surface area contributed by atoms with Gasteiger partial charge in [-0.05, 0) is 0 Å². The van der Waals surface area contributed by atoms with Gasteiger partial charge in [-0.25, -0.2) is 0 Å². The van der Waals surface area contributed by atoms with Gasteiger partial charge in [0.1, 0.15) is 24.4 Å². The van der Waals surface area contributed by atoms with Crippen LogP contribution in [0.15, 0.2) is 12.7 Å². The number of ether oxygens (including phenoxy) is 2. The highest BCUT2D eigenvalue weighted by Crippen LogP contribution is 2.28. The van der Waals surface area contributed by atoms with Gasteiger partial charge in [-0.2, -0.15) is 0 Å². The molecule has 1 fully saturated rings. The highest BCUT2D eigenvalue weighted by Gasteiger charge is 2.47. The second-order valence-corrected chi connectivity index (χ2v) is 6.61. The van der Waals surface area contributed by atoms with Crippen molar-refractivity contribution in [1.82, 2.24) is 5.32 Å². The summed E-state index contributed by atoms with van der Waals surface area (Å²) < 4.78 is 8.27. The molecule has 1 rings (SSSR count). The van der Waals surface area contributed by atoms with E-state index in [9.17, 15) is 15.0 Å². The van der Waals surface area contributed by atoms with E-state index in [1.807, 2.05) is 0 Å². The van der Waals surface area contributed by atoms with E-state index in [1.165, 1.54) is 6.08 Å². The van der Waals surface area contributed by atoms with Crippen LogP contribution in [0.5, 0.6) is 0 Å². The Hall–Kier alpha value is -0.120. The van der Waals surface area contributed by atoms with Crippen LogP contribution in [0.1, 0.15) is 0 Å². The van der Waals surface area contributed by atoms with Gasteiger partial charge in [0, 0.05) is 0 Å². The molecule has 4 N–H and O–H groups in total. The monoisotopic (exact) mass is 363 g/mol. The van der Waals surface area contributed by atoms with Crippen molar-refractivity contribution in [2.45, 2.75) is 34.4 Å². The largest absolute Gasteiger partial charge is 0.394 e. The van der Waals surface area contributed by atoms with Gasteiger partial charge in [0.05, 0.1) is 13.2 Å². The van der Waals surface area contributed by atoms with Gasteiger partial charge in [-0.15, -0.1) is 6.58 Å². The smallest absolute Gasteiger partial charge is 0.272 e. The number of hydrogen-bond donors (Lipinski definition) is 4. The zero-order valence-electron chi connectivity index (χ0n) is 10.8. The Kier molecular flexibility index (Phi) is 7.15. The summed E-state index contributed by atoms with van der Waals surface area (Å²) in [5.74, 6) is -1.01. The summed E-state index contributed by atoms with van der Waals surface area (Å²) in [5, 5.41) is 31.2. The van der Waals surface area contributed by atoms with E-state index in [0.717, 1.165) is 0 Å². The van der Waals surface area contributed by atoms with Crippen molar-refractivity contribution in [2.75, 3.05) is 13.2 Å². The van der Waals surface area contributed by atoms with Crippen molar-refractivity contribution in [3.63, 3.8) is 0 Å². The lowest BCUT2D eigenvalue weighted by Gasteiger charge is -2.42. The Morgan fingerprint density at radius 2 is 2.00 bits per heavy atom. The molecule has 1 aliphatic heterocycles. The summed E-state index contributed by atoms with van der Waals surface area (Å²) in [5.41, 5.74) is 0. The molecule has 7 nitrogen and oxygen atoms in total. The SMILES string of the molecule is C=CCO[C@H]1O[C@H](CO)[C@@H](O)[C@H](O)[C@@H]1NC(=O)C(Cl)(Cl)Cl. The minimum atomic E-state index is -2.25. The van der Waals surface area contributed by atoms with E-state index in [0.29, 0.717) is 0 Å². The zero-order valence-corrected chi connectivity index (χ0v) is 13.1. The summed E-state index contributed by atoms with van der Waals surface area (Å²) in [6, 6.07) is -1.19. The molecule has 0 aromatic carbocycles. The van der Waals surface area contributed by atoms with Crippen LogP contribution in [0.2, 0.25) is 0 Å². The molecule has 0 unspecified atom stereocenters. The number of amides is 1. The summed E-state index contributed by atoms with van der Waals surface area (Å²) in [4.78, 5) is 11.7. The molecule has 5 atom stereocenters. The molecule has 1 heterocycles. The van der Waals surface area contributed by atoms with Crippen molar-refractivity contribution in [3.8, 4) is 0 Å². The number of nitrogens with one attached hydrogen (secondary N) is 1. The zero-order chi connectivity index (χ0) is 16.2. The molecule has 10 heteroatoms. The van der Waals surface area contributed by atoms with Gasteiger partial charge in [-0.1, -0.05) is 40.9 Å². The molecule has 0 radical (unpaired) electrons. The van der Waals surface area contributed by atoms with Gasteiger partial charge in [0.15, 0.2) is 6.29 Å². The molecule has 122 valence electrons. The Labute approximate surface area is 136 Å². The number of carbonyl (C=O) groups excluding carboxylic acids is 1. The summed E-state index contributed by atoms with van der Waals surface area (Å²) in [6.45, 7) is 2.95. The first kappa shape index (κ1) is 18.9. The standard InChI is InChI=1S/C11H16Cl3NO6/c1-2-3-20-9-6(15-10(19)11(12,13)14)8(18)7(17)5(4-16)21-9/h2,5-9,16-18H,1,3-4H2,(H,15,19)/t5-,6+,7-,8-,9+/m1/s1. The van der Waals surface area contributed by atoms with Gasteiger partial charge in [0.2, 0.25) is 0 Å². The molecule has 21 heavy (non-hydrogen) atoms. The van der Waals surface area contributed by atoms with Crippen molar-refractivity contribution >= 4 is 40.7 Å². The summed E-state index contributed by atoms with van der Waals surface area (Å²) in [7, 11) is 0. The molecule has 1 saturated heterocycles. The molecule has 0 aliphatic carbocycles. The number of carbonyl (C=O) groups is 1. The highest BCUT2D eigenvalue weighted by molar-refractivity contribution is 6.76. The summed E-state index contributed by atoms with van der Waals surface area (Å²) >= 11 is 16.3. The predicted octanol–water partition coefficient (Wildman–Crippen LogP) is -0.517. The van der Waals surface area contributed by atoms with Crippen LogP contribution in [0.25, 0.3) is 0 Å². The maximum Gasteiger partial charge on any atom is 0.272 e. The maximum atomic E-state index is 11.7. The van der Waals surface area contributed by atoms with Crippen LogP contribution in [0.3, 0.4) is 0 Å². The number of aliphatic hydroxyl groups is 3. The van der Waals surface area contributed by atoms with Gasteiger partial charge < -0.3 is 30.1 Å². The average molecular weight is 365 g/mol. The second-order valence-electron chi connectivity index (χ2n) is 4.33. The Morgan fingerprint density at radius 1 is 1.38 bits per heavy atom. The molecule has 1 amide bonds. The van der Waals surface area contributed by atoms with Crippen molar-refractivity contribution in [3.05, 3.63) is 12.7 Å². The van der Waals surface area contributed by atoms with Gasteiger partial charge >= 0.3 is 0 Å². The number of hydrogen-bond acceptors (Lipinski definition) is 6. The van der Waals surface area contributed by atoms with Crippen LogP contribution in [0.4, 0.5) is 0 Å². The average Bonchev–Trinajstić information content (AvgIpc) is 2.41. The topological polar surface area (TPSA) is 108 Å². The van der Waals surface area contributed by atoms with Crippen LogP contribution in [-0.4, -0.2) is 68.9 Å². The quantitative estimate of drug-likeness (QED) is 0.386. The molecular formula is C11H16Cl3NO6. The van der Waals surface area contributed by atoms with Crippen molar-refractivity contribution < 1.29 is 29.6 Å². The number of halogens is 3. The van der Waals surface area contributed by atoms with Gasteiger partial charge in [-0.3, -0.25) is 4.79 Å². The first-order valence-electron chi connectivity index (χ1n) is 5.95. The predicted molar refractivity (Wildman–Crippen MR) is 76.1 cm³/mol. The minimum Gasteiger partial charge on any atom is -0.394 e. The number of rotatable bonds is 5. The lowest BCUT2D eigenvalue weighted by Crippen LogP contribution is -2.65. The first-order valence-corrected chi connectivity index (χ1v) is 7.08. The van der Waals surface area contributed by atoms with E-state index in [-0.39, 0.29) is 6.61 Å². The van der Waals surface area contributed by atoms with E-state index < -0.39 is 47.0 Å². The Balaban J connectivity index is 2.88. The van der Waals surface area contributed by atoms with E-state index in [4.69, 9.17) is 49.4 Å². The highest BCUT2D eigenvalue weighted by atomic mass is 35.6. The Bertz CT molecular complexity index is 377. The fourth-order valence-corrected chi connectivity index (χ4v) is 1.94. The van der Waals surface area contributed by atoms with E-state index >= 15 is 0 Å². The molecular weight excluding hydrogens is 348 g/mol. The molecule has 0 aromatic rings. The lowest BCUT2D eigenvalue weighted by atomic mass is 9.97. The fraction of sp³-hybridized carbons (Fsp3) is 0.727. The number of alkyl halides is 3.